The van der Waals surface area contributed by atoms with Crippen molar-refractivity contribution in [2.24, 2.45) is 10.8 Å². The number of hydrogen-bond donors (Lipinski definition) is 1. The molecule has 1 aromatic carbocycles. The van der Waals surface area contributed by atoms with Gasteiger partial charge in [-0.25, -0.2) is 15.8 Å². The highest BCUT2D eigenvalue weighted by atomic mass is 16.7. The second-order valence-corrected chi connectivity index (χ2v) is 8.27. The molecule has 5 rings (SSSR count). The van der Waals surface area contributed by atoms with Crippen LogP contribution in [0.1, 0.15) is 25.7 Å². The zero-order valence-corrected chi connectivity index (χ0v) is 17.9. The van der Waals surface area contributed by atoms with Crippen molar-refractivity contribution in [3.8, 4) is 0 Å². The van der Waals surface area contributed by atoms with E-state index in [0.29, 0.717) is 13.2 Å². The summed E-state index contributed by atoms with van der Waals surface area (Å²) in [4.78, 5) is 20.1. The Kier molecular flexibility index (Phi) is 6.01. The molecule has 0 amide bonds. The smallest absolute Gasteiger partial charge is 0.181 e. The molecule has 8 heteroatoms. The molecule has 0 saturated carbocycles. The van der Waals surface area contributed by atoms with Gasteiger partial charge in [0.1, 0.15) is 12.4 Å². The summed E-state index contributed by atoms with van der Waals surface area (Å²) < 4.78 is 5.40. The second kappa shape index (κ2) is 9.21. The van der Waals surface area contributed by atoms with Crippen molar-refractivity contribution in [3.05, 3.63) is 47.9 Å². The molecule has 0 spiro atoms. The summed E-state index contributed by atoms with van der Waals surface area (Å²) in [6, 6.07) is 12.6. The van der Waals surface area contributed by atoms with E-state index in [1.54, 1.807) is 0 Å². The fraction of sp³-hybridized carbons (Fsp3) is 0.478. The minimum atomic E-state index is 0.459. The molecule has 164 valence electrons. The maximum absolute atomic E-state index is 5.98. The molecule has 3 aliphatic heterocycles. The van der Waals surface area contributed by atoms with Crippen molar-refractivity contribution < 1.29 is 9.57 Å². The molecule has 0 bridgehead atoms. The van der Waals surface area contributed by atoms with Gasteiger partial charge >= 0.3 is 0 Å². The van der Waals surface area contributed by atoms with E-state index in [2.05, 4.69) is 40.1 Å². The maximum atomic E-state index is 5.98. The highest BCUT2D eigenvalue weighted by molar-refractivity contribution is 5.82. The highest BCUT2D eigenvalue weighted by Gasteiger charge is 2.24. The number of hydrazine groups is 1. The van der Waals surface area contributed by atoms with Crippen molar-refractivity contribution in [2.75, 3.05) is 50.8 Å². The van der Waals surface area contributed by atoms with Gasteiger partial charge in [0.25, 0.3) is 0 Å². The number of fused-ring (bicyclic) bond motifs is 1. The molecule has 1 fully saturated rings. The van der Waals surface area contributed by atoms with Gasteiger partial charge in [-0.2, -0.15) is 0 Å². The molecule has 8 nitrogen and oxygen atoms in total. The van der Waals surface area contributed by atoms with Gasteiger partial charge in [0.05, 0.1) is 17.8 Å². The van der Waals surface area contributed by atoms with Crippen LogP contribution >= 0.6 is 0 Å². The van der Waals surface area contributed by atoms with E-state index in [4.69, 9.17) is 25.4 Å². The Balaban J connectivity index is 1.07. The fourth-order valence-electron chi connectivity index (χ4n) is 4.35. The number of nitrogens with two attached hydrogens (primary N) is 1. The van der Waals surface area contributed by atoms with Gasteiger partial charge < -0.3 is 14.5 Å². The Hall–Kier alpha value is -2.68. The summed E-state index contributed by atoms with van der Waals surface area (Å²) in [5.74, 6) is 8.63. The standard InChI is InChI=1S/C23H30N6O2/c24-29-23(26-20-10-16-30-17-21(20)31-29)7-3-4-11-27-12-14-28(15-13-27)22-9-8-18-5-1-2-6-19(18)25-22/h1-2,5-6,8-9H,3-4,7,10-17,24H2. The van der Waals surface area contributed by atoms with Crippen LogP contribution in [-0.4, -0.2) is 66.8 Å². The normalized spacial score (nSPS) is 20.0. The van der Waals surface area contributed by atoms with Gasteiger partial charge in [0, 0.05) is 44.4 Å². The molecule has 2 aromatic rings. The van der Waals surface area contributed by atoms with Gasteiger partial charge in [0.2, 0.25) is 0 Å². The van der Waals surface area contributed by atoms with E-state index < -0.39 is 0 Å². The minimum Gasteiger partial charge on any atom is -0.373 e. The Bertz CT molecular complexity index is 983. The summed E-state index contributed by atoms with van der Waals surface area (Å²) in [7, 11) is 0. The summed E-state index contributed by atoms with van der Waals surface area (Å²) in [6.45, 7) is 6.42. The first-order valence-electron chi connectivity index (χ1n) is 11.2. The van der Waals surface area contributed by atoms with Crippen LogP contribution in [0.3, 0.4) is 0 Å². The van der Waals surface area contributed by atoms with Crippen LogP contribution in [0.4, 0.5) is 5.82 Å². The SMILES string of the molecule is NN1OC2=C(CCOC2)N=C1CCCCN1CCN(c2ccc3ccccc3n2)CC1. The highest BCUT2D eigenvalue weighted by Crippen LogP contribution is 2.24. The monoisotopic (exact) mass is 422 g/mol. The second-order valence-electron chi connectivity index (χ2n) is 8.27. The van der Waals surface area contributed by atoms with E-state index >= 15 is 0 Å². The first-order chi connectivity index (χ1) is 15.3. The van der Waals surface area contributed by atoms with Crippen LogP contribution in [0.5, 0.6) is 0 Å². The quantitative estimate of drug-likeness (QED) is 0.566. The summed E-state index contributed by atoms with van der Waals surface area (Å²) >= 11 is 0. The van der Waals surface area contributed by atoms with E-state index in [-0.39, 0.29) is 0 Å². The minimum absolute atomic E-state index is 0.459. The summed E-state index contributed by atoms with van der Waals surface area (Å²) in [6.07, 6.45) is 3.79. The molecular weight excluding hydrogens is 392 g/mol. The van der Waals surface area contributed by atoms with Gasteiger partial charge in [-0.15, -0.1) is 5.17 Å². The molecule has 1 aromatic heterocycles. The van der Waals surface area contributed by atoms with E-state index in [1.807, 2.05) is 6.07 Å². The van der Waals surface area contributed by atoms with Crippen LogP contribution in [0.25, 0.3) is 10.9 Å². The molecule has 0 unspecified atom stereocenters. The number of hydroxylamine groups is 1. The van der Waals surface area contributed by atoms with Gasteiger partial charge in [0.15, 0.2) is 11.6 Å². The Morgan fingerprint density at radius 1 is 1.00 bits per heavy atom. The Morgan fingerprint density at radius 2 is 1.87 bits per heavy atom. The molecule has 31 heavy (non-hydrogen) atoms. The number of nitrogens with zero attached hydrogens (tertiary/aromatic N) is 5. The molecule has 0 radical (unpaired) electrons. The molecule has 4 heterocycles. The van der Waals surface area contributed by atoms with E-state index in [1.165, 1.54) is 10.6 Å². The lowest BCUT2D eigenvalue weighted by atomic mass is 10.2. The van der Waals surface area contributed by atoms with Crippen LogP contribution in [-0.2, 0) is 9.57 Å². The van der Waals surface area contributed by atoms with Gasteiger partial charge in [-0.1, -0.05) is 18.2 Å². The number of amidine groups is 1. The number of para-hydroxylation sites is 1. The largest absolute Gasteiger partial charge is 0.373 e. The molecule has 1 saturated heterocycles. The number of piperazine rings is 1. The maximum Gasteiger partial charge on any atom is 0.181 e. The predicted octanol–water partition coefficient (Wildman–Crippen LogP) is 2.68. The number of benzene rings is 1. The van der Waals surface area contributed by atoms with Crippen molar-refractivity contribution >= 4 is 22.6 Å². The van der Waals surface area contributed by atoms with Crippen molar-refractivity contribution in [2.45, 2.75) is 25.7 Å². The number of rotatable bonds is 6. The lowest BCUT2D eigenvalue weighted by Gasteiger charge is -2.35. The molecular formula is C23H30N6O2. The topological polar surface area (TPSA) is 79.5 Å². The summed E-state index contributed by atoms with van der Waals surface area (Å²) in [5.41, 5.74) is 2.05. The third-order valence-corrected chi connectivity index (χ3v) is 6.17. The van der Waals surface area contributed by atoms with Crippen LogP contribution in [0, 0.1) is 0 Å². The van der Waals surface area contributed by atoms with Gasteiger partial charge in [-0.3, -0.25) is 4.90 Å². The van der Waals surface area contributed by atoms with Gasteiger partial charge in [-0.05, 0) is 37.6 Å². The molecule has 3 aliphatic rings. The first-order valence-corrected chi connectivity index (χ1v) is 11.2. The third kappa shape index (κ3) is 4.66. The average Bonchev–Trinajstić information content (AvgIpc) is 2.82. The third-order valence-electron chi connectivity index (χ3n) is 6.17. The van der Waals surface area contributed by atoms with Crippen LogP contribution < -0.4 is 10.7 Å². The Morgan fingerprint density at radius 3 is 2.77 bits per heavy atom. The fourth-order valence-corrected chi connectivity index (χ4v) is 4.35. The number of aliphatic imine (C=N–C) groups is 1. The Labute approximate surface area is 182 Å². The zero-order valence-electron chi connectivity index (χ0n) is 17.9. The van der Waals surface area contributed by atoms with Crippen LogP contribution in [0.15, 0.2) is 52.8 Å². The number of hydrogen-bond acceptors (Lipinski definition) is 8. The van der Waals surface area contributed by atoms with E-state index in [9.17, 15) is 0 Å². The van der Waals surface area contributed by atoms with Crippen molar-refractivity contribution in [1.29, 1.82) is 0 Å². The lowest BCUT2D eigenvalue weighted by Crippen LogP contribution is -2.47. The number of unbranched alkanes of at least 4 members (excludes halogenated alkanes) is 1. The van der Waals surface area contributed by atoms with Crippen molar-refractivity contribution in [1.82, 2.24) is 15.1 Å². The predicted molar refractivity (Wildman–Crippen MR) is 121 cm³/mol. The number of ether oxygens (including phenoxy) is 1. The summed E-state index contributed by atoms with van der Waals surface area (Å²) in [5, 5.41) is 2.50. The van der Waals surface area contributed by atoms with Crippen molar-refractivity contribution in [3.63, 3.8) is 0 Å². The first kappa shape index (κ1) is 20.2. The lowest BCUT2D eigenvalue weighted by molar-refractivity contribution is -0.0854. The number of pyridine rings is 1. The molecule has 0 atom stereocenters. The van der Waals surface area contributed by atoms with E-state index in [0.717, 1.165) is 87.0 Å². The molecule has 2 N–H and O–H groups in total. The number of anilines is 1. The van der Waals surface area contributed by atoms with Crippen LogP contribution in [0.2, 0.25) is 0 Å². The average molecular weight is 423 g/mol. The number of aromatic nitrogens is 1. The zero-order chi connectivity index (χ0) is 21.0. The molecule has 0 aliphatic carbocycles.